The van der Waals surface area contributed by atoms with Crippen molar-refractivity contribution in [2.75, 3.05) is 7.11 Å². The van der Waals surface area contributed by atoms with Gasteiger partial charge in [0.2, 0.25) is 5.43 Å². The van der Waals surface area contributed by atoms with Gasteiger partial charge < -0.3 is 9.15 Å². The van der Waals surface area contributed by atoms with Gasteiger partial charge in [-0.25, -0.2) is 0 Å². The van der Waals surface area contributed by atoms with Crippen molar-refractivity contribution in [3.63, 3.8) is 0 Å². The Morgan fingerprint density at radius 1 is 0.880 bits per heavy atom. The maximum atomic E-state index is 12.8. The van der Waals surface area contributed by atoms with Crippen LogP contribution in [0.15, 0.2) is 75.9 Å². The summed E-state index contributed by atoms with van der Waals surface area (Å²) in [5, 5.41) is 0.804. The quantitative estimate of drug-likeness (QED) is 0.417. The molecule has 3 aromatic carbocycles. The van der Waals surface area contributed by atoms with E-state index in [1.54, 1.807) is 60.7 Å². The number of hydrogen-bond donors (Lipinski definition) is 0. The fraction of sp³-hybridized carbons (Fsp3) is 0.0476. The van der Waals surface area contributed by atoms with E-state index in [-0.39, 0.29) is 11.2 Å². The van der Waals surface area contributed by atoms with E-state index in [2.05, 4.69) is 0 Å². The number of methoxy groups -OCH3 is 1. The van der Waals surface area contributed by atoms with Crippen molar-refractivity contribution in [2.45, 2.75) is 0 Å². The summed E-state index contributed by atoms with van der Waals surface area (Å²) < 4.78 is 11.2. The van der Waals surface area contributed by atoms with E-state index >= 15 is 0 Å². The standard InChI is InChI=1S/C21H14O4/c1-24-18-12-14(19(22)13-7-3-2-4-8-13)11-16-20(23)15-9-5-6-10-17(15)25-21(16)18/h2-12H,1H3. The van der Waals surface area contributed by atoms with Gasteiger partial charge in [-0.2, -0.15) is 0 Å². The lowest BCUT2D eigenvalue weighted by Gasteiger charge is -2.09. The minimum Gasteiger partial charge on any atom is -0.493 e. The molecule has 0 spiro atoms. The van der Waals surface area contributed by atoms with Gasteiger partial charge in [0.25, 0.3) is 0 Å². The summed E-state index contributed by atoms with van der Waals surface area (Å²) in [6, 6.07) is 19.1. The normalized spacial score (nSPS) is 10.9. The molecule has 0 saturated carbocycles. The predicted molar refractivity (Wildman–Crippen MR) is 96.4 cm³/mol. The molecule has 0 atom stereocenters. The molecule has 0 radical (unpaired) electrons. The molecule has 0 aliphatic carbocycles. The van der Waals surface area contributed by atoms with Crippen molar-refractivity contribution in [3.8, 4) is 5.75 Å². The van der Waals surface area contributed by atoms with Crippen LogP contribution in [0.5, 0.6) is 5.75 Å². The number of rotatable bonds is 3. The monoisotopic (exact) mass is 330 g/mol. The Kier molecular flexibility index (Phi) is 3.58. The zero-order valence-electron chi connectivity index (χ0n) is 13.5. The molecule has 122 valence electrons. The molecule has 4 aromatic rings. The van der Waals surface area contributed by atoms with Crippen LogP contribution in [0.2, 0.25) is 0 Å². The van der Waals surface area contributed by atoms with E-state index in [0.29, 0.717) is 38.8 Å². The van der Waals surface area contributed by atoms with Crippen molar-refractivity contribution in [1.82, 2.24) is 0 Å². The second-order valence-corrected chi connectivity index (χ2v) is 5.68. The second kappa shape index (κ2) is 5.91. The molecular weight excluding hydrogens is 316 g/mol. The molecule has 4 nitrogen and oxygen atoms in total. The molecule has 0 N–H and O–H groups in total. The zero-order chi connectivity index (χ0) is 17.4. The Morgan fingerprint density at radius 3 is 2.36 bits per heavy atom. The molecule has 0 saturated heterocycles. The second-order valence-electron chi connectivity index (χ2n) is 5.68. The molecule has 1 aromatic heterocycles. The third-order valence-corrected chi connectivity index (χ3v) is 4.16. The van der Waals surface area contributed by atoms with Crippen LogP contribution in [0, 0.1) is 0 Å². The van der Waals surface area contributed by atoms with Crippen LogP contribution in [0.25, 0.3) is 21.9 Å². The maximum Gasteiger partial charge on any atom is 0.200 e. The topological polar surface area (TPSA) is 56.5 Å². The Bertz CT molecular complexity index is 1160. The molecule has 0 bridgehead atoms. The van der Waals surface area contributed by atoms with E-state index in [9.17, 15) is 9.59 Å². The highest BCUT2D eigenvalue weighted by atomic mass is 16.5. The van der Waals surface area contributed by atoms with E-state index in [1.807, 2.05) is 6.07 Å². The van der Waals surface area contributed by atoms with Gasteiger partial charge in [0.1, 0.15) is 5.58 Å². The molecular formula is C21H14O4. The van der Waals surface area contributed by atoms with Crippen LogP contribution < -0.4 is 10.2 Å². The van der Waals surface area contributed by atoms with Gasteiger partial charge in [-0.05, 0) is 24.3 Å². The number of carbonyl (C=O) groups is 1. The van der Waals surface area contributed by atoms with Gasteiger partial charge in [0.05, 0.1) is 17.9 Å². The van der Waals surface area contributed by atoms with Gasteiger partial charge >= 0.3 is 0 Å². The Hall–Kier alpha value is -3.40. The number of carbonyl (C=O) groups excluding carboxylic acids is 1. The summed E-state index contributed by atoms with van der Waals surface area (Å²) >= 11 is 0. The summed E-state index contributed by atoms with van der Waals surface area (Å²) in [5.74, 6) is 0.188. The lowest BCUT2D eigenvalue weighted by Crippen LogP contribution is -2.07. The van der Waals surface area contributed by atoms with E-state index in [1.165, 1.54) is 7.11 Å². The highest BCUT2D eigenvalue weighted by Gasteiger charge is 2.17. The predicted octanol–water partition coefficient (Wildman–Crippen LogP) is 4.19. The Balaban J connectivity index is 2.02. The van der Waals surface area contributed by atoms with E-state index in [0.717, 1.165) is 0 Å². The van der Waals surface area contributed by atoms with Gasteiger partial charge in [-0.3, -0.25) is 9.59 Å². The third-order valence-electron chi connectivity index (χ3n) is 4.16. The average Bonchev–Trinajstić information content (AvgIpc) is 2.68. The largest absolute Gasteiger partial charge is 0.493 e. The third kappa shape index (κ3) is 2.48. The molecule has 1 heterocycles. The van der Waals surface area contributed by atoms with Crippen molar-refractivity contribution in [2.24, 2.45) is 0 Å². The molecule has 0 fully saturated rings. The molecule has 0 unspecified atom stereocenters. The number of ether oxygens (including phenoxy) is 1. The van der Waals surface area contributed by atoms with Crippen molar-refractivity contribution < 1.29 is 13.9 Å². The summed E-state index contributed by atoms with van der Waals surface area (Å²) in [6.07, 6.45) is 0. The Labute approximate surface area is 143 Å². The highest BCUT2D eigenvalue weighted by molar-refractivity contribution is 6.11. The molecule has 25 heavy (non-hydrogen) atoms. The molecule has 0 aliphatic heterocycles. The minimum absolute atomic E-state index is 0.173. The van der Waals surface area contributed by atoms with Crippen LogP contribution in [0.4, 0.5) is 0 Å². The first-order valence-corrected chi connectivity index (χ1v) is 7.82. The summed E-state index contributed by atoms with van der Waals surface area (Å²) in [7, 11) is 1.49. The van der Waals surface area contributed by atoms with Gasteiger partial charge in [-0.15, -0.1) is 0 Å². The molecule has 4 rings (SSSR count). The zero-order valence-corrected chi connectivity index (χ0v) is 13.5. The van der Waals surface area contributed by atoms with Crippen LogP contribution in [0.1, 0.15) is 15.9 Å². The van der Waals surface area contributed by atoms with Gasteiger partial charge in [0.15, 0.2) is 17.1 Å². The minimum atomic E-state index is -0.183. The maximum absolute atomic E-state index is 12.8. The molecule has 4 heteroatoms. The number of para-hydroxylation sites is 1. The molecule has 0 amide bonds. The van der Waals surface area contributed by atoms with Crippen molar-refractivity contribution in [3.05, 3.63) is 88.1 Å². The molecule has 0 aliphatic rings. The SMILES string of the molecule is COc1cc(C(=O)c2ccccc2)cc2c(=O)c3ccccc3oc12. The summed E-state index contributed by atoms with van der Waals surface area (Å²) in [5.41, 5.74) is 1.58. The fourth-order valence-corrected chi connectivity index (χ4v) is 2.91. The smallest absolute Gasteiger partial charge is 0.200 e. The van der Waals surface area contributed by atoms with Gasteiger partial charge in [-0.1, -0.05) is 42.5 Å². The van der Waals surface area contributed by atoms with Crippen LogP contribution in [0.3, 0.4) is 0 Å². The number of ketones is 1. The van der Waals surface area contributed by atoms with E-state index in [4.69, 9.17) is 9.15 Å². The summed E-state index contributed by atoms with van der Waals surface area (Å²) in [4.78, 5) is 25.6. The number of benzene rings is 3. The number of fused-ring (bicyclic) bond motifs is 2. The first kappa shape index (κ1) is 15.1. The van der Waals surface area contributed by atoms with E-state index < -0.39 is 0 Å². The fourth-order valence-electron chi connectivity index (χ4n) is 2.91. The first-order valence-electron chi connectivity index (χ1n) is 7.82. The van der Waals surface area contributed by atoms with Crippen LogP contribution in [-0.2, 0) is 0 Å². The van der Waals surface area contributed by atoms with Crippen LogP contribution in [-0.4, -0.2) is 12.9 Å². The Morgan fingerprint density at radius 2 is 1.60 bits per heavy atom. The average molecular weight is 330 g/mol. The van der Waals surface area contributed by atoms with Crippen molar-refractivity contribution >= 4 is 27.7 Å². The first-order chi connectivity index (χ1) is 12.2. The van der Waals surface area contributed by atoms with Crippen molar-refractivity contribution in [1.29, 1.82) is 0 Å². The lowest BCUT2D eigenvalue weighted by atomic mass is 10.0. The lowest BCUT2D eigenvalue weighted by molar-refractivity contribution is 0.103. The van der Waals surface area contributed by atoms with Crippen LogP contribution >= 0.6 is 0 Å². The van der Waals surface area contributed by atoms with Gasteiger partial charge in [0, 0.05) is 11.1 Å². The summed E-state index contributed by atoms with van der Waals surface area (Å²) in [6.45, 7) is 0. The number of hydrogen-bond acceptors (Lipinski definition) is 4. The highest BCUT2D eigenvalue weighted by Crippen LogP contribution is 2.29.